The Balaban J connectivity index is 0. The predicted molar refractivity (Wildman–Crippen MR) is 56.1 cm³/mol. The van der Waals surface area contributed by atoms with Crippen molar-refractivity contribution < 1.29 is 46.9 Å². The van der Waals surface area contributed by atoms with Crippen molar-refractivity contribution in [3.63, 3.8) is 0 Å². The van der Waals surface area contributed by atoms with Gasteiger partial charge in [-0.15, -0.1) is 0 Å². The number of rotatable bonds is 5. The third-order valence-corrected chi connectivity index (χ3v) is 2.72. The maximum Gasteiger partial charge on any atom is 0.242 e. The van der Waals surface area contributed by atoms with Crippen molar-refractivity contribution in [3.05, 3.63) is 0 Å². The van der Waals surface area contributed by atoms with Gasteiger partial charge in [0.05, 0.1) is 7.80 Å². The van der Waals surface area contributed by atoms with E-state index in [1.807, 2.05) is 0 Å². The van der Waals surface area contributed by atoms with Crippen LogP contribution < -0.4 is 10.6 Å². The molecular formula is C8H17N2O3PY. The van der Waals surface area contributed by atoms with Crippen LogP contribution in [0, 0.1) is 0 Å². The van der Waals surface area contributed by atoms with Crippen molar-refractivity contribution in [1.82, 2.24) is 10.6 Å². The fraction of sp³-hybridized carbons (Fsp3) is 0.750. The van der Waals surface area contributed by atoms with Crippen LogP contribution in [0.2, 0.25) is 0 Å². The molecule has 2 unspecified atom stereocenters. The Morgan fingerprint density at radius 1 is 1.40 bits per heavy atom. The monoisotopic (exact) mass is 309 g/mol. The van der Waals surface area contributed by atoms with Gasteiger partial charge >= 0.3 is 0 Å². The van der Waals surface area contributed by atoms with Gasteiger partial charge < -0.3 is 15.2 Å². The first-order valence-electron chi connectivity index (χ1n) is 4.45. The zero-order chi connectivity index (χ0) is 11.1. The van der Waals surface area contributed by atoms with Crippen LogP contribution in [0.25, 0.3) is 0 Å². The van der Waals surface area contributed by atoms with Gasteiger partial charge in [0.2, 0.25) is 11.8 Å². The van der Waals surface area contributed by atoms with Crippen molar-refractivity contribution in [3.8, 4) is 0 Å². The average Bonchev–Trinajstić information content (AvgIpc) is 2.10. The largest absolute Gasteiger partial charge is 0.357 e. The quantitative estimate of drug-likeness (QED) is 0.692. The second kappa shape index (κ2) is 9.50. The van der Waals surface area contributed by atoms with E-state index in [1.165, 1.54) is 14.0 Å². The van der Waals surface area contributed by atoms with Gasteiger partial charge in [0.25, 0.3) is 0 Å². The van der Waals surface area contributed by atoms with Crippen LogP contribution in [0.3, 0.4) is 0 Å². The summed E-state index contributed by atoms with van der Waals surface area (Å²) in [5.74, 6) is -0.502. The Morgan fingerprint density at radius 2 is 1.93 bits per heavy atom. The molecule has 0 aliphatic heterocycles. The van der Waals surface area contributed by atoms with Crippen LogP contribution in [0.4, 0.5) is 0 Å². The SMILES string of the molecule is CNC(=O)C(CC[PH](C)=O)NC(C)=O.[Y]. The van der Waals surface area contributed by atoms with Gasteiger partial charge in [0.1, 0.15) is 6.04 Å². The first-order chi connectivity index (χ1) is 6.47. The number of hydrogen-bond donors (Lipinski definition) is 2. The normalized spacial score (nSPS) is 13.3. The van der Waals surface area contributed by atoms with Gasteiger partial charge in [0.15, 0.2) is 0 Å². The summed E-state index contributed by atoms with van der Waals surface area (Å²) in [6.45, 7) is 2.99. The van der Waals surface area contributed by atoms with Crippen LogP contribution in [0.5, 0.6) is 0 Å². The zero-order valence-corrected chi connectivity index (χ0v) is 13.1. The summed E-state index contributed by atoms with van der Waals surface area (Å²) in [6.07, 6.45) is 0.899. The van der Waals surface area contributed by atoms with Crippen molar-refractivity contribution in [1.29, 1.82) is 0 Å². The minimum Gasteiger partial charge on any atom is -0.357 e. The van der Waals surface area contributed by atoms with Crippen LogP contribution >= 0.6 is 7.80 Å². The van der Waals surface area contributed by atoms with Gasteiger partial charge in [-0.2, -0.15) is 0 Å². The molecule has 0 aliphatic rings. The molecule has 5 nitrogen and oxygen atoms in total. The Labute approximate surface area is 116 Å². The number of amides is 2. The smallest absolute Gasteiger partial charge is 0.242 e. The number of likely N-dealkylation sites (N-methyl/N-ethyl adjacent to an activating group) is 1. The van der Waals surface area contributed by atoms with Gasteiger partial charge in [0, 0.05) is 52.8 Å². The number of carbonyl (C=O) groups is 2. The third kappa shape index (κ3) is 9.22. The molecule has 0 fully saturated rings. The molecule has 0 aromatic rings. The van der Waals surface area contributed by atoms with E-state index < -0.39 is 13.8 Å². The third-order valence-electron chi connectivity index (χ3n) is 1.73. The summed E-state index contributed by atoms with van der Waals surface area (Å²) < 4.78 is 10.9. The maximum atomic E-state index is 11.2. The van der Waals surface area contributed by atoms with Crippen LogP contribution in [-0.4, -0.2) is 37.7 Å². The Kier molecular flexibility index (Phi) is 11.2. The number of hydrogen-bond acceptors (Lipinski definition) is 3. The predicted octanol–water partition coefficient (Wildman–Crippen LogP) is -0.186. The van der Waals surface area contributed by atoms with E-state index in [4.69, 9.17) is 0 Å². The van der Waals surface area contributed by atoms with E-state index in [9.17, 15) is 14.2 Å². The molecule has 1 radical (unpaired) electrons. The van der Waals surface area contributed by atoms with Crippen molar-refractivity contribution in [2.45, 2.75) is 19.4 Å². The molecule has 0 saturated heterocycles. The van der Waals surface area contributed by atoms with Gasteiger partial charge in [-0.05, 0) is 13.1 Å². The van der Waals surface area contributed by atoms with E-state index in [0.717, 1.165) is 0 Å². The second-order valence-corrected chi connectivity index (χ2v) is 5.01. The van der Waals surface area contributed by atoms with E-state index in [1.54, 1.807) is 6.66 Å². The molecule has 0 rings (SSSR count). The molecule has 0 aromatic heterocycles. The van der Waals surface area contributed by atoms with E-state index in [0.29, 0.717) is 12.6 Å². The molecule has 0 aliphatic carbocycles. The van der Waals surface area contributed by atoms with Crippen LogP contribution in [0.1, 0.15) is 13.3 Å². The van der Waals surface area contributed by atoms with Gasteiger partial charge in [-0.3, -0.25) is 9.59 Å². The first-order valence-corrected chi connectivity index (χ1v) is 6.57. The summed E-state index contributed by atoms with van der Waals surface area (Å²) in [6, 6.07) is -0.564. The van der Waals surface area contributed by atoms with Crippen molar-refractivity contribution in [2.24, 2.45) is 0 Å². The standard InChI is InChI=1S/C8H17N2O3P.Y/c1-6(11)10-7(8(12)9-2)4-5-14(3)13;/h7,14H,4-5H2,1-3H3,(H,9,12)(H,10,11);. The minimum absolute atomic E-state index is 0. The van der Waals surface area contributed by atoms with Crippen LogP contribution in [-0.2, 0) is 46.9 Å². The van der Waals surface area contributed by atoms with E-state index in [2.05, 4.69) is 10.6 Å². The Bertz CT molecular complexity index is 248. The molecular weight excluding hydrogens is 292 g/mol. The zero-order valence-electron chi connectivity index (χ0n) is 9.29. The molecule has 0 heterocycles. The van der Waals surface area contributed by atoms with Crippen LogP contribution in [0.15, 0.2) is 0 Å². The fourth-order valence-electron chi connectivity index (χ4n) is 1.04. The molecule has 15 heavy (non-hydrogen) atoms. The maximum absolute atomic E-state index is 11.2. The minimum atomic E-state index is -1.59. The summed E-state index contributed by atoms with van der Waals surface area (Å²) in [4.78, 5) is 22.0. The molecule has 0 aromatic carbocycles. The summed E-state index contributed by atoms with van der Waals surface area (Å²) >= 11 is 0. The average molecular weight is 309 g/mol. The Hall–Kier alpha value is 0.274. The molecule has 0 saturated carbocycles. The number of nitrogens with one attached hydrogen (secondary N) is 2. The Morgan fingerprint density at radius 3 is 2.27 bits per heavy atom. The molecule has 2 N–H and O–H groups in total. The van der Waals surface area contributed by atoms with E-state index >= 15 is 0 Å². The summed E-state index contributed by atoms with van der Waals surface area (Å²) in [7, 11) is -0.0812. The molecule has 0 spiro atoms. The fourth-order valence-corrected chi connectivity index (χ4v) is 1.73. The molecule has 0 bridgehead atoms. The van der Waals surface area contributed by atoms with Crippen molar-refractivity contribution in [2.75, 3.05) is 19.9 Å². The summed E-state index contributed by atoms with van der Waals surface area (Å²) in [5.41, 5.74) is 0. The second-order valence-electron chi connectivity index (χ2n) is 3.11. The topological polar surface area (TPSA) is 75.3 Å². The molecule has 2 amide bonds. The van der Waals surface area contributed by atoms with E-state index in [-0.39, 0.29) is 44.5 Å². The van der Waals surface area contributed by atoms with Gasteiger partial charge in [-0.1, -0.05) is 0 Å². The molecule has 7 heteroatoms. The first kappa shape index (κ1) is 17.7. The van der Waals surface area contributed by atoms with Gasteiger partial charge in [-0.25, -0.2) is 0 Å². The number of carbonyl (C=O) groups excluding carboxylic acids is 2. The molecule has 2 atom stereocenters. The molecule has 85 valence electrons. The summed E-state index contributed by atoms with van der Waals surface area (Å²) in [5, 5.41) is 4.96. The van der Waals surface area contributed by atoms with Crippen molar-refractivity contribution >= 4 is 19.6 Å².